The van der Waals surface area contributed by atoms with Crippen molar-refractivity contribution in [2.75, 3.05) is 17.2 Å². The van der Waals surface area contributed by atoms with Gasteiger partial charge in [-0.25, -0.2) is 8.78 Å². The number of benzene rings is 2. The highest BCUT2D eigenvalue weighted by molar-refractivity contribution is 5.93. The Labute approximate surface area is 109 Å². The van der Waals surface area contributed by atoms with Crippen molar-refractivity contribution in [1.82, 2.24) is 0 Å². The molecule has 19 heavy (non-hydrogen) atoms. The van der Waals surface area contributed by atoms with Crippen LogP contribution in [0.4, 0.5) is 20.2 Å². The van der Waals surface area contributed by atoms with Gasteiger partial charge in [-0.05, 0) is 24.3 Å². The first-order chi connectivity index (χ1) is 9.13. The normalized spacial score (nSPS) is 10.0. The molecule has 0 heterocycles. The maximum absolute atomic E-state index is 12.9. The van der Waals surface area contributed by atoms with Gasteiger partial charge in [0, 0.05) is 17.4 Å². The lowest BCUT2D eigenvalue weighted by Crippen LogP contribution is -2.21. The zero-order chi connectivity index (χ0) is 13.7. The number of anilines is 2. The number of amides is 1. The number of halogens is 2. The summed E-state index contributed by atoms with van der Waals surface area (Å²) in [7, 11) is 0. The van der Waals surface area contributed by atoms with Crippen molar-refractivity contribution in [3.05, 3.63) is 60.2 Å². The summed E-state index contributed by atoms with van der Waals surface area (Å²) in [6, 6.07) is 12.0. The predicted octanol–water partition coefficient (Wildman–Crippen LogP) is 3.02. The number of hydrogen-bond donors (Lipinski definition) is 2. The summed E-state index contributed by atoms with van der Waals surface area (Å²) < 4.78 is 25.8. The van der Waals surface area contributed by atoms with Crippen LogP contribution >= 0.6 is 0 Å². The molecule has 0 aliphatic heterocycles. The fourth-order valence-electron chi connectivity index (χ4n) is 1.56. The second-order valence-electron chi connectivity index (χ2n) is 3.93. The highest BCUT2D eigenvalue weighted by atomic mass is 19.1. The van der Waals surface area contributed by atoms with E-state index in [1.54, 1.807) is 24.3 Å². The first-order valence-corrected chi connectivity index (χ1v) is 5.68. The molecule has 0 saturated carbocycles. The number of para-hydroxylation sites is 1. The van der Waals surface area contributed by atoms with E-state index in [1.807, 2.05) is 6.07 Å². The van der Waals surface area contributed by atoms with Crippen LogP contribution in [-0.4, -0.2) is 12.5 Å². The molecule has 0 aromatic heterocycles. The monoisotopic (exact) mass is 262 g/mol. The Morgan fingerprint density at radius 1 is 0.947 bits per heavy atom. The molecule has 0 aliphatic rings. The number of nitrogens with one attached hydrogen (secondary N) is 2. The molecule has 2 N–H and O–H groups in total. The molecule has 0 atom stereocenters. The molecule has 3 nitrogen and oxygen atoms in total. The van der Waals surface area contributed by atoms with Crippen LogP contribution in [-0.2, 0) is 4.79 Å². The average Bonchev–Trinajstić information content (AvgIpc) is 2.36. The van der Waals surface area contributed by atoms with Gasteiger partial charge in [0.05, 0.1) is 6.54 Å². The summed E-state index contributed by atoms with van der Waals surface area (Å²) in [5, 5.41) is 5.31. The molecule has 0 bridgehead atoms. The van der Waals surface area contributed by atoms with Crippen molar-refractivity contribution in [2.24, 2.45) is 0 Å². The Balaban J connectivity index is 1.90. The minimum atomic E-state index is -0.689. The van der Waals surface area contributed by atoms with Crippen molar-refractivity contribution in [1.29, 1.82) is 0 Å². The maximum atomic E-state index is 12.9. The summed E-state index contributed by atoms with van der Waals surface area (Å²) in [6.45, 7) is -0.0716. The van der Waals surface area contributed by atoms with Gasteiger partial charge in [0.1, 0.15) is 11.6 Å². The van der Waals surface area contributed by atoms with E-state index in [0.717, 1.165) is 18.2 Å². The summed E-state index contributed by atoms with van der Waals surface area (Å²) in [5.41, 5.74) is 0.889. The Bertz CT molecular complexity index is 553. The Hall–Kier alpha value is -2.43. The molecule has 2 aromatic rings. The third kappa shape index (κ3) is 4.06. The van der Waals surface area contributed by atoms with Crippen LogP contribution in [0.15, 0.2) is 48.5 Å². The van der Waals surface area contributed by atoms with E-state index < -0.39 is 11.6 Å². The van der Waals surface area contributed by atoms with E-state index in [1.165, 1.54) is 0 Å². The van der Waals surface area contributed by atoms with Crippen molar-refractivity contribution < 1.29 is 13.6 Å². The van der Waals surface area contributed by atoms with E-state index >= 15 is 0 Å². The third-order valence-electron chi connectivity index (χ3n) is 2.37. The van der Waals surface area contributed by atoms with Crippen molar-refractivity contribution in [3.8, 4) is 0 Å². The van der Waals surface area contributed by atoms with Crippen LogP contribution < -0.4 is 10.6 Å². The molecule has 2 rings (SSSR count). The van der Waals surface area contributed by atoms with Gasteiger partial charge < -0.3 is 10.6 Å². The second kappa shape index (κ2) is 5.95. The zero-order valence-corrected chi connectivity index (χ0v) is 9.99. The van der Waals surface area contributed by atoms with Gasteiger partial charge in [-0.15, -0.1) is 0 Å². The zero-order valence-electron chi connectivity index (χ0n) is 9.99. The molecule has 1 amide bonds. The Morgan fingerprint density at radius 3 is 2.21 bits per heavy atom. The van der Waals surface area contributed by atoms with Gasteiger partial charge in [0.2, 0.25) is 5.91 Å². The van der Waals surface area contributed by atoms with Crippen LogP contribution in [0.1, 0.15) is 0 Å². The van der Waals surface area contributed by atoms with Gasteiger partial charge in [-0.3, -0.25) is 4.79 Å². The number of rotatable bonds is 4. The lowest BCUT2D eigenvalue weighted by atomic mass is 10.3. The van der Waals surface area contributed by atoms with E-state index in [9.17, 15) is 13.6 Å². The van der Waals surface area contributed by atoms with Crippen LogP contribution in [0.3, 0.4) is 0 Å². The lowest BCUT2D eigenvalue weighted by Gasteiger charge is -2.08. The third-order valence-corrected chi connectivity index (χ3v) is 2.37. The SMILES string of the molecule is O=C(CNc1cc(F)cc(F)c1)Nc1ccccc1. The molecule has 0 unspecified atom stereocenters. The predicted molar refractivity (Wildman–Crippen MR) is 69.9 cm³/mol. The largest absolute Gasteiger partial charge is 0.376 e. The molecule has 5 heteroatoms. The number of hydrogen-bond acceptors (Lipinski definition) is 2. The number of carbonyl (C=O) groups excluding carboxylic acids is 1. The van der Waals surface area contributed by atoms with Crippen molar-refractivity contribution in [3.63, 3.8) is 0 Å². The number of carbonyl (C=O) groups is 1. The fourth-order valence-corrected chi connectivity index (χ4v) is 1.56. The molecular formula is C14H12F2N2O. The van der Waals surface area contributed by atoms with Crippen LogP contribution in [0.5, 0.6) is 0 Å². The smallest absolute Gasteiger partial charge is 0.243 e. The van der Waals surface area contributed by atoms with Crippen LogP contribution in [0.2, 0.25) is 0 Å². The quantitative estimate of drug-likeness (QED) is 0.889. The standard InChI is InChI=1S/C14H12F2N2O/c15-10-6-11(16)8-13(7-10)17-9-14(19)18-12-4-2-1-3-5-12/h1-8,17H,9H2,(H,18,19). The summed E-state index contributed by atoms with van der Waals surface area (Å²) in [6.07, 6.45) is 0. The Morgan fingerprint density at radius 2 is 1.58 bits per heavy atom. The highest BCUT2D eigenvalue weighted by Crippen LogP contribution is 2.12. The van der Waals surface area contributed by atoms with Crippen LogP contribution in [0.25, 0.3) is 0 Å². The first kappa shape index (κ1) is 13.0. The molecular weight excluding hydrogens is 250 g/mol. The molecule has 0 radical (unpaired) electrons. The van der Waals surface area contributed by atoms with Crippen molar-refractivity contribution >= 4 is 17.3 Å². The maximum Gasteiger partial charge on any atom is 0.243 e. The van der Waals surface area contributed by atoms with Gasteiger partial charge in [-0.2, -0.15) is 0 Å². The highest BCUT2D eigenvalue weighted by Gasteiger charge is 2.04. The molecule has 2 aromatic carbocycles. The fraction of sp³-hybridized carbons (Fsp3) is 0.0714. The molecule has 0 spiro atoms. The van der Waals surface area contributed by atoms with Crippen molar-refractivity contribution in [2.45, 2.75) is 0 Å². The van der Waals surface area contributed by atoms with E-state index in [2.05, 4.69) is 10.6 Å². The van der Waals surface area contributed by atoms with Gasteiger partial charge in [0.25, 0.3) is 0 Å². The first-order valence-electron chi connectivity index (χ1n) is 5.68. The Kier molecular flexibility index (Phi) is 4.07. The minimum absolute atomic E-state index is 0.0716. The van der Waals surface area contributed by atoms with E-state index in [-0.39, 0.29) is 18.1 Å². The molecule has 98 valence electrons. The van der Waals surface area contributed by atoms with Gasteiger partial charge in [0.15, 0.2) is 0 Å². The van der Waals surface area contributed by atoms with Gasteiger partial charge in [-0.1, -0.05) is 18.2 Å². The second-order valence-corrected chi connectivity index (χ2v) is 3.93. The topological polar surface area (TPSA) is 41.1 Å². The lowest BCUT2D eigenvalue weighted by molar-refractivity contribution is -0.114. The van der Waals surface area contributed by atoms with Gasteiger partial charge >= 0.3 is 0 Å². The minimum Gasteiger partial charge on any atom is -0.376 e. The summed E-state index contributed by atoms with van der Waals surface area (Å²) in [5.74, 6) is -1.67. The van der Waals surface area contributed by atoms with E-state index in [4.69, 9.17) is 0 Å². The summed E-state index contributed by atoms with van der Waals surface area (Å²) >= 11 is 0. The summed E-state index contributed by atoms with van der Waals surface area (Å²) in [4.78, 5) is 11.6. The average molecular weight is 262 g/mol. The molecule has 0 aliphatic carbocycles. The van der Waals surface area contributed by atoms with E-state index in [0.29, 0.717) is 5.69 Å². The van der Waals surface area contributed by atoms with Crippen LogP contribution in [0, 0.1) is 11.6 Å². The molecule has 0 saturated heterocycles. The molecule has 0 fully saturated rings.